The van der Waals surface area contributed by atoms with Crippen LogP contribution in [-0.2, 0) is 4.79 Å². The van der Waals surface area contributed by atoms with Crippen LogP contribution in [0.2, 0.25) is 0 Å². The molecule has 0 heterocycles. The van der Waals surface area contributed by atoms with E-state index in [0.29, 0.717) is 5.69 Å². The molecular weight excluding hydrogens is 222 g/mol. The zero-order chi connectivity index (χ0) is 12.7. The molecule has 1 amide bonds. The summed E-state index contributed by atoms with van der Waals surface area (Å²) in [6, 6.07) is 5.86. The molecule has 0 radical (unpaired) electrons. The Kier molecular flexibility index (Phi) is 5.09. The molecule has 0 aromatic heterocycles. The Morgan fingerprint density at radius 2 is 2.24 bits per heavy atom. The van der Waals surface area contributed by atoms with Gasteiger partial charge in [-0.3, -0.25) is 14.9 Å². The van der Waals surface area contributed by atoms with Crippen molar-refractivity contribution in [3.05, 3.63) is 34.4 Å². The average molecular weight is 237 g/mol. The first-order valence-electron chi connectivity index (χ1n) is 5.38. The van der Waals surface area contributed by atoms with Gasteiger partial charge in [0.15, 0.2) is 0 Å². The molecule has 0 unspecified atom stereocenters. The fourth-order valence-electron chi connectivity index (χ4n) is 1.28. The van der Waals surface area contributed by atoms with Crippen LogP contribution in [-0.4, -0.2) is 23.9 Å². The van der Waals surface area contributed by atoms with E-state index in [0.717, 1.165) is 13.0 Å². The lowest BCUT2D eigenvalue weighted by Gasteiger charge is -2.05. The zero-order valence-corrected chi connectivity index (χ0v) is 9.60. The molecule has 0 aliphatic rings. The van der Waals surface area contributed by atoms with Crippen LogP contribution in [0, 0.1) is 10.1 Å². The van der Waals surface area contributed by atoms with Crippen LogP contribution >= 0.6 is 0 Å². The molecule has 1 rings (SSSR count). The molecule has 17 heavy (non-hydrogen) atoms. The third-order valence-electron chi connectivity index (χ3n) is 2.05. The Morgan fingerprint density at radius 3 is 2.88 bits per heavy atom. The van der Waals surface area contributed by atoms with Crippen LogP contribution in [0.15, 0.2) is 24.3 Å². The van der Waals surface area contributed by atoms with Crippen LogP contribution in [0.1, 0.15) is 13.3 Å². The Bertz CT molecular complexity index is 407. The van der Waals surface area contributed by atoms with Crippen molar-refractivity contribution in [3.63, 3.8) is 0 Å². The van der Waals surface area contributed by atoms with E-state index >= 15 is 0 Å². The molecule has 0 fully saturated rings. The maximum atomic E-state index is 11.4. The van der Waals surface area contributed by atoms with Crippen molar-refractivity contribution in [2.45, 2.75) is 13.3 Å². The summed E-state index contributed by atoms with van der Waals surface area (Å²) in [4.78, 5) is 21.5. The van der Waals surface area contributed by atoms with Crippen molar-refractivity contribution in [2.75, 3.05) is 18.4 Å². The molecular formula is C11H15N3O3. The Hall–Kier alpha value is -1.95. The highest BCUT2D eigenvalue weighted by Crippen LogP contribution is 2.16. The predicted molar refractivity (Wildman–Crippen MR) is 64.9 cm³/mol. The van der Waals surface area contributed by atoms with Crippen LogP contribution in [0.3, 0.4) is 0 Å². The largest absolute Gasteiger partial charge is 0.325 e. The van der Waals surface area contributed by atoms with E-state index in [1.807, 2.05) is 6.92 Å². The van der Waals surface area contributed by atoms with Gasteiger partial charge in [0.25, 0.3) is 5.69 Å². The number of nitrogens with zero attached hydrogens (tertiary/aromatic N) is 1. The van der Waals surface area contributed by atoms with Crippen LogP contribution < -0.4 is 10.6 Å². The Morgan fingerprint density at radius 1 is 1.47 bits per heavy atom. The van der Waals surface area contributed by atoms with Crippen molar-refractivity contribution >= 4 is 17.3 Å². The maximum absolute atomic E-state index is 11.4. The monoisotopic (exact) mass is 237 g/mol. The highest BCUT2D eigenvalue weighted by atomic mass is 16.6. The molecule has 2 N–H and O–H groups in total. The number of amides is 1. The van der Waals surface area contributed by atoms with E-state index < -0.39 is 4.92 Å². The molecule has 6 nitrogen and oxygen atoms in total. The topological polar surface area (TPSA) is 84.3 Å². The summed E-state index contributed by atoms with van der Waals surface area (Å²) in [5.74, 6) is -0.209. The highest BCUT2D eigenvalue weighted by molar-refractivity contribution is 5.92. The summed E-state index contributed by atoms with van der Waals surface area (Å²) >= 11 is 0. The van der Waals surface area contributed by atoms with Gasteiger partial charge in [0.05, 0.1) is 11.5 Å². The molecule has 0 spiro atoms. The van der Waals surface area contributed by atoms with Gasteiger partial charge >= 0.3 is 0 Å². The number of hydrogen-bond donors (Lipinski definition) is 2. The SMILES string of the molecule is CCCNCC(=O)Nc1cccc([N+](=O)[O-])c1. The van der Waals surface area contributed by atoms with Gasteiger partial charge < -0.3 is 10.6 Å². The fraction of sp³-hybridized carbons (Fsp3) is 0.364. The van der Waals surface area contributed by atoms with E-state index in [-0.39, 0.29) is 18.1 Å². The van der Waals surface area contributed by atoms with Crippen molar-refractivity contribution in [1.82, 2.24) is 5.32 Å². The first-order chi connectivity index (χ1) is 8.13. The second-order valence-corrected chi connectivity index (χ2v) is 3.53. The minimum Gasteiger partial charge on any atom is -0.325 e. The molecule has 0 aliphatic heterocycles. The lowest BCUT2D eigenvalue weighted by molar-refractivity contribution is -0.384. The summed E-state index contributed by atoms with van der Waals surface area (Å²) in [7, 11) is 0. The third-order valence-corrected chi connectivity index (χ3v) is 2.05. The van der Waals surface area contributed by atoms with Gasteiger partial charge in [0.2, 0.25) is 5.91 Å². The second-order valence-electron chi connectivity index (χ2n) is 3.53. The minimum absolute atomic E-state index is 0.0377. The van der Waals surface area contributed by atoms with Crippen LogP contribution in [0.4, 0.5) is 11.4 Å². The van der Waals surface area contributed by atoms with Gasteiger partial charge in [-0.2, -0.15) is 0 Å². The summed E-state index contributed by atoms with van der Waals surface area (Å²) < 4.78 is 0. The van der Waals surface area contributed by atoms with Crippen molar-refractivity contribution in [3.8, 4) is 0 Å². The van der Waals surface area contributed by atoms with Crippen LogP contribution in [0.25, 0.3) is 0 Å². The van der Waals surface area contributed by atoms with Gasteiger partial charge in [-0.1, -0.05) is 13.0 Å². The van der Waals surface area contributed by atoms with Crippen molar-refractivity contribution < 1.29 is 9.72 Å². The lowest BCUT2D eigenvalue weighted by Crippen LogP contribution is -2.28. The predicted octanol–water partition coefficient (Wildman–Crippen LogP) is 1.53. The zero-order valence-electron chi connectivity index (χ0n) is 9.60. The number of rotatable bonds is 6. The van der Waals surface area contributed by atoms with Crippen molar-refractivity contribution in [2.24, 2.45) is 0 Å². The van der Waals surface area contributed by atoms with E-state index in [4.69, 9.17) is 0 Å². The van der Waals surface area contributed by atoms with Crippen LogP contribution in [0.5, 0.6) is 0 Å². The molecule has 1 aromatic carbocycles. The second kappa shape index (κ2) is 6.59. The van der Waals surface area contributed by atoms with Gasteiger partial charge in [0.1, 0.15) is 0 Å². The van der Waals surface area contributed by atoms with Gasteiger partial charge in [-0.25, -0.2) is 0 Å². The standard InChI is InChI=1S/C11H15N3O3/c1-2-6-12-8-11(15)13-9-4-3-5-10(7-9)14(16)17/h3-5,7,12H,2,6,8H2,1H3,(H,13,15). The number of carbonyl (C=O) groups is 1. The molecule has 92 valence electrons. The van der Waals surface area contributed by atoms with Gasteiger partial charge in [-0.05, 0) is 19.0 Å². The van der Waals surface area contributed by atoms with E-state index in [9.17, 15) is 14.9 Å². The Balaban J connectivity index is 2.53. The van der Waals surface area contributed by atoms with Gasteiger partial charge in [-0.15, -0.1) is 0 Å². The third kappa shape index (κ3) is 4.60. The molecule has 0 atom stereocenters. The van der Waals surface area contributed by atoms with E-state index in [2.05, 4.69) is 10.6 Å². The maximum Gasteiger partial charge on any atom is 0.271 e. The number of nitro benzene ring substituents is 1. The number of non-ortho nitro benzene ring substituents is 1. The fourth-order valence-corrected chi connectivity index (χ4v) is 1.28. The lowest BCUT2D eigenvalue weighted by atomic mass is 10.3. The van der Waals surface area contributed by atoms with Gasteiger partial charge in [0, 0.05) is 17.8 Å². The quantitative estimate of drug-likeness (QED) is 0.446. The van der Waals surface area contributed by atoms with Crippen molar-refractivity contribution in [1.29, 1.82) is 0 Å². The number of nitrogens with one attached hydrogen (secondary N) is 2. The summed E-state index contributed by atoms with van der Waals surface area (Å²) in [6.07, 6.45) is 0.949. The number of nitro groups is 1. The normalized spacial score (nSPS) is 9.94. The average Bonchev–Trinajstić information content (AvgIpc) is 2.29. The number of anilines is 1. The number of benzene rings is 1. The smallest absolute Gasteiger partial charge is 0.271 e. The summed E-state index contributed by atoms with van der Waals surface area (Å²) in [6.45, 7) is 2.98. The molecule has 0 aliphatic carbocycles. The first kappa shape index (κ1) is 13.1. The Labute approximate surface area is 99.2 Å². The molecule has 0 saturated heterocycles. The number of carbonyl (C=O) groups excluding carboxylic acids is 1. The van der Waals surface area contributed by atoms with E-state index in [1.54, 1.807) is 6.07 Å². The highest BCUT2D eigenvalue weighted by Gasteiger charge is 2.07. The molecule has 0 saturated carbocycles. The summed E-state index contributed by atoms with van der Waals surface area (Å²) in [5, 5.41) is 16.1. The molecule has 6 heteroatoms. The molecule has 1 aromatic rings. The first-order valence-corrected chi connectivity index (χ1v) is 5.38. The minimum atomic E-state index is -0.495. The molecule has 0 bridgehead atoms. The summed E-state index contributed by atoms with van der Waals surface area (Å²) in [5.41, 5.74) is 0.395. The number of hydrogen-bond acceptors (Lipinski definition) is 4. The van der Waals surface area contributed by atoms with E-state index in [1.165, 1.54) is 18.2 Å².